The number of nitrogens with one attached hydrogen (secondary N) is 1. The summed E-state index contributed by atoms with van der Waals surface area (Å²) < 4.78 is 57.0. The van der Waals surface area contributed by atoms with Crippen molar-refractivity contribution in [2.24, 2.45) is 0 Å². The number of carbonyl (C=O) groups is 1. The number of benzene rings is 2. The molecule has 0 fully saturated rings. The van der Waals surface area contributed by atoms with Crippen LogP contribution in [-0.2, 0) is 17.5 Å². The predicted octanol–water partition coefficient (Wildman–Crippen LogP) is 3.73. The molecule has 0 aliphatic carbocycles. The minimum Gasteiger partial charge on any atom is -0.484 e. The van der Waals surface area contributed by atoms with Crippen LogP contribution in [0.15, 0.2) is 60.8 Å². The maximum absolute atomic E-state index is 12.8. The van der Waals surface area contributed by atoms with Gasteiger partial charge in [-0.1, -0.05) is 12.1 Å². The molecular weight excluding hydrogens is 378 g/mol. The lowest BCUT2D eigenvalue weighted by molar-refractivity contribution is -0.141. The molecule has 2 aromatic carbocycles. The third-order valence-corrected chi connectivity index (χ3v) is 3.75. The summed E-state index contributed by atoms with van der Waals surface area (Å²) in [5.74, 6) is -0.390. The number of hydrogen-bond acceptors (Lipinski definition) is 3. The van der Waals surface area contributed by atoms with Crippen LogP contribution in [-0.4, -0.2) is 22.3 Å². The molecule has 3 aromatic rings. The van der Waals surface area contributed by atoms with Crippen LogP contribution in [0.1, 0.15) is 11.3 Å². The van der Waals surface area contributed by atoms with Crippen LogP contribution >= 0.6 is 0 Å². The molecule has 1 heterocycles. The van der Waals surface area contributed by atoms with E-state index in [1.165, 1.54) is 30.5 Å². The van der Waals surface area contributed by atoms with E-state index in [4.69, 9.17) is 4.74 Å². The summed E-state index contributed by atoms with van der Waals surface area (Å²) in [6.45, 7) is -0.00395. The summed E-state index contributed by atoms with van der Waals surface area (Å²) >= 11 is 0. The minimum atomic E-state index is -4.49. The van der Waals surface area contributed by atoms with Crippen LogP contribution in [0.2, 0.25) is 0 Å². The molecule has 0 saturated carbocycles. The topological polar surface area (TPSA) is 56.1 Å². The second-order valence-corrected chi connectivity index (χ2v) is 5.83. The Labute approximate surface area is 157 Å². The number of hydrogen-bond donors (Lipinski definition) is 1. The molecule has 1 aromatic heterocycles. The van der Waals surface area contributed by atoms with E-state index in [2.05, 4.69) is 10.4 Å². The third kappa shape index (κ3) is 5.09. The van der Waals surface area contributed by atoms with E-state index in [-0.39, 0.29) is 19.1 Å². The lowest BCUT2D eigenvalue weighted by Gasteiger charge is -2.08. The zero-order chi connectivity index (χ0) is 20.1. The fraction of sp³-hybridized carbons (Fsp3) is 0.158. The Kier molecular flexibility index (Phi) is 5.62. The highest BCUT2D eigenvalue weighted by molar-refractivity contribution is 5.77. The van der Waals surface area contributed by atoms with Gasteiger partial charge in [-0.2, -0.15) is 18.3 Å². The van der Waals surface area contributed by atoms with Gasteiger partial charge in [0, 0.05) is 12.7 Å². The summed E-state index contributed by atoms with van der Waals surface area (Å²) in [4.78, 5) is 11.8. The van der Waals surface area contributed by atoms with Crippen LogP contribution in [0, 0.1) is 5.82 Å². The Morgan fingerprint density at radius 2 is 1.71 bits per heavy atom. The number of aromatic nitrogens is 2. The van der Waals surface area contributed by atoms with Gasteiger partial charge in [0.05, 0.1) is 5.69 Å². The average molecular weight is 393 g/mol. The maximum Gasteiger partial charge on any atom is 0.435 e. The summed E-state index contributed by atoms with van der Waals surface area (Å²) in [6, 6.07) is 12.7. The maximum atomic E-state index is 12.8. The summed E-state index contributed by atoms with van der Waals surface area (Å²) in [7, 11) is 0. The van der Waals surface area contributed by atoms with Gasteiger partial charge in [0.1, 0.15) is 11.6 Å². The first-order valence-electron chi connectivity index (χ1n) is 8.18. The Balaban J connectivity index is 1.50. The van der Waals surface area contributed by atoms with Crippen molar-refractivity contribution in [2.75, 3.05) is 6.61 Å². The van der Waals surface area contributed by atoms with Crippen molar-refractivity contribution in [1.29, 1.82) is 0 Å². The number of rotatable bonds is 6. The molecule has 146 valence electrons. The molecule has 0 aliphatic rings. The van der Waals surface area contributed by atoms with Crippen LogP contribution in [0.5, 0.6) is 5.75 Å². The minimum absolute atomic E-state index is 0.221. The number of carbonyl (C=O) groups excluding carboxylic acids is 1. The molecule has 0 spiro atoms. The van der Waals surface area contributed by atoms with Gasteiger partial charge < -0.3 is 10.1 Å². The molecule has 0 bridgehead atoms. The van der Waals surface area contributed by atoms with Crippen LogP contribution < -0.4 is 10.1 Å². The Morgan fingerprint density at radius 3 is 2.32 bits per heavy atom. The second kappa shape index (κ2) is 8.12. The summed E-state index contributed by atoms with van der Waals surface area (Å²) in [5, 5.41) is 6.15. The van der Waals surface area contributed by atoms with Crippen LogP contribution in [0.25, 0.3) is 5.69 Å². The zero-order valence-corrected chi connectivity index (χ0v) is 14.4. The number of nitrogens with zero attached hydrogens (tertiary/aromatic N) is 2. The van der Waals surface area contributed by atoms with E-state index in [1.807, 2.05) is 0 Å². The summed E-state index contributed by atoms with van der Waals surface area (Å²) in [6.07, 6.45) is -3.27. The highest BCUT2D eigenvalue weighted by atomic mass is 19.4. The highest BCUT2D eigenvalue weighted by Gasteiger charge is 2.33. The van der Waals surface area contributed by atoms with Gasteiger partial charge in [0.15, 0.2) is 12.3 Å². The van der Waals surface area contributed by atoms with Gasteiger partial charge in [0.2, 0.25) is 0 Å². The highest BCUT2D eigenvalue weighted by Crippen LogP contribution is 2.27. The van der Waals surface area contributed by atoms with Crippen molar-refractivity contribution in [3.63, 3.8) is 0 Å². The van der Waals surface area contributed by atoms with Crippen molar-refractivity contribution in [3.8, 4) is 11.4 Å². The molecule has 0 aliphatic heterocycles. The largest absolute Gasteiger partial charge is 0.484 e. The predicted molar refractivity (Wildman–Crippen MR) is 92.3 cm³/mol. The Bertz CT molecular complexity index is 935. The van der Waals surface area contributed by atoms with Crippen molar-refractivity contribution >= 4 is 5.91 Å². The van der Waals surface area contributed by atoms with E-state index < -0.39 is 17.7 Å². The van der Waals surface area contributed by atoms with Gasteiger partial charge in [0.25, 0.3) is 5.91 Å². The number of halogens is 4. The molecule has 0 atom stereocenters. The van der Waals surface area contributed by atoms with Crippen molar-refractivity contribution in [3.05, 3.63) is 77.9 Å². The normalized spacial score (nSPS) is 11.3. The second-order valence-electron chi connectivity index (χ2n) is 5.83. The average Bonchev–Trinajstić information content (AvgIpc) is 3.17. The Morgan fingerprint density at radius 1 is 1.04 bits per heavy atom. The van der Waals surface area contributed by atoms with Gasteiger partial charge in [-0.3, -0.25) is 4.79 Å². The van der Waals surface area contributed by atoms with Crippen LogP contribution in [0.3, 0.4) is 0 Å². The van der Waals surface area contributed by atoms with Crippen molar-refractivity contribution < 1.29 is 27.1 Å². The molecule has 9 heteroatoms. The van der Waals surface area contributed by atoms with Gasteiger partial charge in [-0.25, -0.2) is 9.07 Å². The molecule has 1 N–H and O–H groups in total. The molecule has 0 radical (unpaired) electrons. The summed E-state index contributed by atoms with van der Waals surface area (Å²) in [5.41, 5.74) is 0.247. The molecular formula is C19H15F4N3O2. The number of alkyl halides is 3. The first-order valence-corrected chi connectivity index (χ1v) is 8.18. The fourth-order valence-electron chi connectivity index (χ4n) is 2.32. The smallest absolute Gasteiger partial charge is 0.435 e. The van der Waals surface area contributed by atoms with Crippen LogP contribution in [0.4, 0.5) is 17.6 Å². The van der Waals surface area contributed by atoms with E-state index in [1.54, 1.807) is 24.3 Å². The molecule has 3 rings (SSSR count). The molecule has 1 amide bonds. The molecule has 0 unspecified atom stereocenters. The Hall–Kier alpha value is -3.36. The fourth-order valence-corrected chi connectivity index (χ4v) is 2.32. The molecule has 0 saturated heterocycles. The zero-order valence-electron chi connectivity index (χ0n) is 14.4. The first-order chi connectivity index (χ1) is 13.3. The third-order valence-electron chi connectivity index (χ3n) is 3.75. The van der Waals surface area contributed by atoms with Crippen molar-refractivity contribution in [2.45, 2.75) is 12.7 Å². The van der Waals surface area contributed by atoms with E-state index in [0.29, 0.717) is 11.4 Å². The number of ether oxygens (including phenoxy) is 1. The van der Waals surface area contributed by atoms with Gasteiger partial charge in [-0.05, 0) is 48.0 Å². The van der Waals surface area contributed by atoms with E-state index in [9.17, 15) is 22.4 Å². The first kappa shape index (κ1) is 19.4. The number of amides is 1. The van der Waals surface area contributed by atoms with E-state index in [0.717, 1.165) is 16.3 Å². The molecule has 28 heavy (non-hydrogen) atoms. The van der Waals surface area contributed by atoms with Gasteiger partial charge >= 0.3 is 6.18 Å². The monoisotopic (exact) mass is 393 g/mol. The van der Waals surface area contributed by atoms with Crippen molar-refractivity contribution in [1.82, 2.24) is 15.1 Å². The van der Waals surface area contributed by atoms with Gasteiger partial charge in [-0.15, -0.1) is 0 Å². The van der Waals surface area contributed by atoms with E-state index >= 15 is 0 Å². The lowest BCUT2D eigenvalue weighted by atomic mass is 10.2. The SMILES string of the molecule is O=C(COc1ccc(F)cc1)NCc1ccc(-n2ccc(C(F)(F)F)n2)cc1. The standard InChI is InChI=1S/C19H15F4N3O2/c20-14-3-7-16(8-4-14)28-12-18(27)24-11-13-1-5-15(6-2-13)26-10-9-17(25-26)19(21,22)23/h1-10H,11-12H2,(H,24,27). The quantitative estimate of drug-likeness (QED) is 0.650. The molecule has 5 nitrogen and oxygen atoms in total. The lowest BCUT2D eigenvalue weighted by Crippen LogP contribution is -2.28.